The maximum atomic E-state index is 13.4. The molecule has 27 heavy (non-hydrogen) atoms. The summed E-state index contributed by atoms with van der Waals surface area (Å²) in [4.78, 5) is 22.6. The number of benzene rings is 1. The Morgan fingerprint density at radius 2 is 2.00 bits per heavy atom. The Morgan fingerprint density at radius 3 is 2.63 bits per heavy atom. The molecule has 2 heterocycles. The largest absolute Gasteiger partial charge is 0.355 e. The van der Waals surface area contributed by atoms with Crippen LogP contribution in [0.5, 0.6) is 0 Å². The Hall–Kier alpha value is -2.85. The second-order valence-corrected chi connectivity index (χ2v) is 6.90. The second-order valence-electron chi connectivity index (χ2n) is 6.11. The van der Waals surface area contributed by atoms with Crippen LogP contribution in [-0.2, 0) is 0 Å². The highest BCUT2D eigenvalue weighted by atomic mass is 32.2. The van der Waals surface area contributed by atoms with Crippen molar-refractivity contribution in [1.82, 2.24) is 14.5 Å². The van der Waals surface area contributed by atoms with Gasteiger partial charge in [0.05, 0.1) is 16.8 Å². The van der Waals surface area contributed by atoms with Crippen LogP contribution < -0.4 is 10.9 Å². The molecule has 0 atom stereocenters. The molecule has 0 spiro atoms. The summed E-state index contributed by atoms with van der Waals surface area (Å²) in [5, 5.41) is 13.9. The lowest BCUT2D eigenvalue weighted by molar-refractivity contribution is 0.816. The minimum atomic E-state index is -0.223. The molecule has 0 bridgehead atoms. The van der Waals surface area contributed by atoms with Crippen LogP contribution in [0.4, 0.5) is 5.95 Å². The van der Waals surface area contributed by atoms with Gasteiger partial charge in [-0.1, -0.05) is 31.5 Å². The molecule has 6 nitrogen and oxygen atoms in total. The van der Waals surface area contributed by atoms with Crippen LogP contribution in [0.25, 0.3) is 16.6 Å². The van der Waals surface area contributed by atoms with Gasteiger partial charge in [-0.15, -0.1) is 11.8 Å². The van der Waals surface area contributed by atoms with Gasteiger partial charge in [0.25, 0.3) is 5.56 Å². The van der Waals surface area contributed by atoms with Gasteiger partial charge in [0.15, 0.2) is 0 Å². The summed E-state index contributed by atoms with van der Waals surface area (Å²) < 4.78 is 1.56. The maximum absolute atomic E-state index is 13.4. The van der Waals surface area contributed by atoms with Crippen LogP contribution in [0.3, 0.4) is 0 Å². The molecule has 0 aliphatic heterocycles. The third-order valence-corrected chi connectivity index (χ3v) is 4.98. The zero-order valence-corrected chi connectivity index (χ0v) is 16.4. The van der Waals surface area contributed by atoms with E-state index in [1.54, 1.807) is 11.5 Å². The number of thioether (sulfide) groups is 1. The number of nitrogens with zero attached hydrogens (tertiary/aromatic N) is 4. The van der Waals surface area contributed by atoms with E-state index in [1.165, 1.54) is 11.8 Å². The Kier molecular flexibility index (Phi) is 5.77. The number of para-hydroxylation sites is 1. The van der Waals surface area contributed by atoms with Gasteiger partial charge in [-0.05, 0) is 31.7 Å². The van der Waals surface area contributed by atoms with E-state index >= 15 is 0 Å². The van der Waals surface area contributed by atoms with Gasteiger partial charge in [-0.2, -0.15) is 5.26 Å². The average Bonchev–Trinajstić information content (AvgIpc) is 2.68. The zero-order chi connectivity index (χ0) is 19.4. The Balaban J connectivity index is 2.38. The van der Waals surface area contributed by atoms with Crippen LogP contribution in [0.15, 0.2) is 40.2 Å². The molecule has 3 aromatic rings. The monoisotopic (exact) mass is 379 g/mol. The lowest BCUT2D eigenvalue weighted by Crippen LogP contribution is -2.25. The summed E-state index contributed by atoms with van der Waals surface area (Å²) in [6.07, 6.45) is 3.85. The molecule has 0 aliphatic carbocycles. The molecule has 0 saturated carbocycles. The number of fused-ring (bicyclic) bond motifs is 1. The van der Waals surface area contributed by atoms with Gasteiger partial charge in [0, 0.05) is 6.54 Å². The van der Waals surface area contributed by atoms with Crippen molar-refractivity contribution in [3.8, 4) is 11.8 Å². The van der Waals surface area contributed by atoms with Crippen LogP contribution in [0.2, 0.25) is 0 Å². The molecule has 0 unspecified atom stereocenters. The summed E-state index contributed by atoms with van der Waals surface area (Å²) in [7, 11) is 0. The smallest absolute Gasteiger partial charge is 0.269 e. The van der Waals surface area contributed by atoms with Crippen molar-refractivity contribution in [3.63, 3.8) is 0 Å². The number of unbranched alkanes of at least 4 members (excludes halogenated alkanes) is 1. The van der Waals surface area contributed by atoms with Gasteiger partial charge >= 0.3 is 0 Å². The van der Waals surface area contributed by atoms with Crippen molar-refractivity contribution in [2.45, 2.75) is 31.7 Å². The van der Waals surface area contributed by atoms with Gasteiger partial charge in [0.1, 0.15) is 22.2 Å². The molecule has 2 aromatic heterocycles. The first-order valence-corrected chi connectivity index (χ1v) is 10.1. The van der Waals surface area contributed by atoms with Gasteiger partial charge in [-0.3, -0.25) is 4.79 Å². The fourth-order valence-corrected chi connectivity index (χ4v) is 3.53. The topological polar surface area (TPSA) is 83.6 Å². The summed E-state index contributed by atoms with van der Waals surface area (Å²) in [5.41, 5.74) is 1.84. The molecule has 0 aliphatic rings. The van der Waals surface area contributed by atoms with Crippen LogP contribution in [0, 0.1) is 18.3 Å². The number of nitrogens with one attached hydrogen (secondary N) is 1. The molecule has 7 heteroatoms. The van der Waals surface area contributed by atoms with E-state index in [0.717, 1.165) is 18.5 Å². The summed E-state index contributed by atoms with van der Waals surface area (Å²) in [5.74, 6) is 0.446. The van der Waals surface area contributed by atoms with Gasteiger partial charge < -0.3 is 5.32 Å². The summed E-state index contributed by atoms with van der Waals surface area (Å²) in [6.45, 7) is 4.59. The number of anilines is 1. The quantitative estimate of drug-likeness (QED) is 0.517. The zero-order valence-electron chi connectivity index (χ0n) is 15.6. The second kappa shape index (κ2) is 8.23. The van der Waals surface area contributed by atoms with E-state index in [0.29, 0.717) is 39.7 Å². The fourth-order valence-electron chi connectivity index (χ4n) is 2.95. The number of pyridine rings is 1. The van der Waals surface area contributed by atoms with Crippen molar-refractivity contribution in [3.05, 3.63) is 51.9 Å². The van der Waals surface area contributed by atoms with E-state index in [9.17, 15) is 10.1 Å². The molecule has 138 valence electrons. The number of nitriles is 1. The molecule has 1 aromatic carbocycles. The molecular weight excluding hydrogens is 358 g/mol. The highest BCUT2D eigenvalue weighted by Crippen LogP contribution is 2.27. The number of aromatic nitrogens is 3. The molecule has 3 rings (SSSR count). The third-order valence-electron chi connectivity index (χ3n) is 4.30. The standard InChI is InChI=1S/C20H21N5OS/c1-4-5-11-22-20-24-17-15(12-21)18(27-3)23-13(2)16(17)19(26)25(20)14-9-7-6-8-10-14/h6-10H,4-5,11H2,1-3H3,(H,22,24). The SMILES string of the molecule is CCCCNc1nc2c(C#N)c(SC)nc(C)c2c(=O)n1-c1ccccc1. The van der Waals surface area contributed by atoms with Crippen LogP contribution in [-0.4, -0.2) is 27.3 Å². The predicted octanol–water partition coefficient (Wildman–Crippen LogP) is 3.89. The Morgan fingerprint density at radius 1 is 1.26 bits per heavy atom. The van der Waals surface area contributed by atoms with E-state index < -0.39 is 0 Å². The van der Waals surface area contributed by atoms with Crippen molar-refractivity contribution < 1.29 is 0 Å². The third kappa shape index (κ3) is 3.53. The molecular formula is C20H21N5OS. The molecule has 0 saturated heterocycles. The number of hydrogen-bond donors (Lipinski definition) is 1. The van der Waals surface area contributed by atoms with E-state index in [-0.39, 0.29) is 5.56 Å². The Labute approximate surface area is 162 Å². The highest BCUT2D eigenvalue weighted by molar-refractivity contribution is 7.98. The van der Waals surface area contributed by atoms with Crippen molar-refractivity contribution in [2.75, 3.05) is 18.1 Å². The molecule has 0 fully saturated rings. The van der Waals surface area contributed by atoms with Gasteiger partial charge in [-0.25, -0.2) is 14.5 Å². The minimum Gasteiger partial charge on any atom is -0.355 e. The lowest BCUT2D eigenvalue weighted by Gasteiger charge is -2.16. The van der Waals surface area contributed by atoms with E-state index in [2.05, 4.69) is 23.3 Å². The highest BCUT2D eigenvalue weighted by Gasteiger charge is 2.20. The number of aryl methyl sites for hydroxylation is 1. The molecule has 0 amide bonds. The van der Waals surface area contributed by atoms with Gasteiger partial charge in [0.2, 0.25) is 5.95 Å². The number of hydrogen-bond acceptors (Lipinski definition) is 6. The maximum Gasteiger partial charge on any atom is 0.269 e. The minimum absolute atomic E-state index is 0.223. The Bertz CT molecular complexity index is 1070. The normalized spacial score (nSPS) is 10.7. The van der Waals surface area contributed by atoms with Crippen molar-refractivity contribution in [1.29, 1.82) is 5.26 Å². The van der Waals surface area contributed by atoms with Crippen molar-refractivity contribution in [2.24, 2.45) is 0 Å². The fraction of sp³-hybridized carbons (Fsp3) is 0.300. The summed E-state index contributed by atoms with van der Waals surface area (Å²) in [6, 6.07) is 11.6. The first-order chi connectivity index (χ1) is 13.1. The first-order valence-electron chi connectivity index (χ1n) is 8.83. The number of rotatable bonds is 6. The van der Waals surface area contributed by atoms with Crippen LogP contribution >= 0.6 is 11.8 Å². The van der Waals surface area contributed by atoms with Crippen molar-refractivity contribution >= 4 is 28.6 Å². The molecule has 1 N–H and O–H groups in total. The first kappa shape index (κ1) is 18.9. The predicted molar refractivity (Wildman–Crippen MR) is 110 cm³/mol. The molecule has 0 radical (unpaired) electrons. The lowest BCUT2D eigenvalue weighted by atomic mass is 10.1. The average molecular weight is 379 g/mol. The van der Waals surface area contributed by atoms with E-state index in [1.807, 2.05) is 36.6 Å². The van der Waals surface area contributed by atoms with E-state index in [4.69, 9.17) is 4.98 Å². The van der Waals surface area contributed by atoms with Crippen LogP contribution in [0.1, 0.15) is 31.0 Å². The summed E-state index contributed by atoms with van der Waals surface area (Å²) >= 11 is 1.38.